The number of nitrogens with one attached hydrogen (secondary N) is 1. The predicted molar refractivity (Wildman–Crippen MR) is 137 cm³/mol. The van der Waals surface area contributed by atoms with Crippen LogP contribution in [0.15, 0.2) is 47.6 Å². The van der Waals surface area contributed by atoms with Gasteiger partial charge < -0.3 is 5.32 Å². The summed E-state index contributed by atoms with van der Waals surface area (Å²) in [5.41, 5.74) is 2.40. The van der Waals surface area contributed by atoms with Gasteiger partial charge >= 0.3 is 0 Å². The fourth-order valence-corrected chi connectivity index (χ4v) is 5.38. The van der Waals surface area contributed by atoms with Crippen LogP contribution in [0.2, 0.25) is 10.0 Å². The molecule has 164 valence electrons. The second-order valence-electron chi connectivity index (χ2n) is 8.37. The Bertz CT molecular complexity index is 971. The molecule has 0 spiro atoms. The van der Waals surface area contributed by atoms with Gasteiger partial charge in [-0.1, -0.05) is 67.9 Å². The smallest absolute Gasteiger partial charge is 0.268 e. The summed E-state index contributed by atoms with van der Waals surface area (Å²) in [6.07, 6.45) is 6.93. The normalized spacial score (nSPS) is 22.2. The first-order valence-electron chi connectivity index (χ1n) is 10.8. The lowest BCUT2D eigenvalue weighted by Crippen LogP contribution is -2.40. The number of halogens is 3. The maximum atomic E-state index is 13.3. The van der Waals surface area contributed by atoms with Crippen molar-refractivity contribution in [3.05, 3.63) is 61.6 Å². The topological polar surface area (TPSA) is 44.7 Å². The molecule has 4 rings (SSSR count). The zero-order valence-electron chi connectivity index (χ0n) is 17.5. The van der Waals surface area contributed by atoms with Gasteiger partial charge in [-0.15, -0.1) is 0 Å². The molecular weight excluding hydrogens is 544 g/mol. The van der Waals surface area contributed by atoms with Gasteiger partial charge in [-0.2, -0.15) is 5.10 Å². The number of anilines is 1. The molecule has 0 unspecified atom stereocenters. The Balaban J connectivity index is 1.66. The van der Waals surface area contributed by atoms with Crippen LogP contribution in [-0.2, 0) is 4.79 Å². The number of hydrogen-bond donors (Lipinski definition) is 1. The van der Waals surface area contributed by atoms with E-state index in [1.54, 1.807) is 12.1 Å². The summed E-state index contributed by atoms with van der Waals surface area (Å²) in [5, 5.41) is 11.0. The lowest BCUT2D eigenvalue weighted by Gasteiger charge is -2.27. The van der Waals surface area contributed by atoms with E-state index in [4.69, 9.17) is 28.3 Å². The Hall–Kier alpha value is -1.31. The Morgan fingerprint density at radius 3 is 2.39 bits per heavy atom. The third kappa shape index (κ3) is 5.20. The predicted octanol–water partition coefficient (Wildman–Crippen LogP) is 6.99. The summed E-state index contributed by atoms with van der Waals surface area (Å²) in [5.74, 6) is -0.153. The summed E-state index contributed by atoms with van der Waals surface area (Å²) >= 11 is 15.0. The highest BCUT2D eigenvalue weighted by molar-refractivity contribution is 14.1. The molecule has 2 aliphatic rings. The quantitative estimate of drug-likeness (QED) is 0.318. The van der Waals surface area contributed by atoms with Crippen LogP contribution in [0.1, 0.15) is 57.1 Å². The molecule has 0 aromatic heterocycles. The minimum atomic E-state index is -0.120. The average molecular weight is 570 g/mol. The van der Waals surface area contributed by atoms with Gasteiger partial charge in [0.15, 0.2) is 0 Å². The summed E-state index contributed by atoms with van der Waals surface area (Å²) in [4.78, 5) is 13.3. The second kappa shape index (κ2) is 10.1. The molecule has 31 heavy (non-hydrogen) atoms. The third-order valence-corrected chi connectivity index (χ3v) is 7.43. The summed E-state index contributed by atoms with van der Waals surface area (Å²) < 4.78 is 1.16. The van der Waals surface area contributed by atoms with Crippen LogP contribution < -0.4 is 10.3 Å². The van der Waals surface area contributed by atoms with Crippen molar-refractivity contribution in [2.45, 2.75) is 57.5 Å². The average Bonchev–Trinajstić information content (AvgIpc) is 2.89. The molecule has 7 heteroatoms. The lowest BCUT2D eigenvalue weighted by atomic mass is 9.90. The van der Waals surface area contributed by atoms with Crippen molar-refractivity contribution in [2.24, 2.45) is 11.0 Å². The van der Waals surface area contributed by atoms with Gasteiger partial charge in [-0.05, 0) is 71.3 Å². The van der Waals surface area contributed by atoms with Crippen molar-refractivity contribution in [3.8, 4) is 0 Å². The van der Waals surface area contributed by atoms with Crippen LogP contribution in [0.5, 0.6) is 0 Å². The van der Waals surface area contributed by atoms with Gasteiger partial charge in [0, 0.05) is 20.6 Å². The van der Waals surface area contributed by atoms with Crippen molar-refractivity contribution >= 4 is 63.1 Å². The Morgan fingerprint density at radius 2 is 1.74 bits per heavy atom. The van der Waals surface area contributed by atoms with E-state index in [-0.39, 0.29) is 23.9 Å². The molecular formula is C24H26Cl2IN3O. The maximum absolute atomic E-state index is 13.3. The molecule has 2 atom stereocenters. The number of hydrogen-bond acceptors (Lipinski definition) is 3. The third-order valence-electron chi connectivity index (χ3n) is 6.17. The molecule has 0 saturated heterocycles. The van der Waals surface area contributed by atoms with Crippen LogP contribution in [0.3, 0.4) is 0 Å². The Kier molecular flexibility index (Phi) is 7.44. The second-order valence-corrected chi connectivity index (χ2v) is 10.5. The summed E-state index contributed by atoms with van der Waals surface area (Å²) in [6.45, 7) is 2.07. The van der Waals surface area contributed by atoms with Gasteiger partial charge in [-0.3, -0.25) is 9.80 Å². The van der Waals surface area contributed by atoms with Gasteiger partial charge in [0.1, 0.15) is 5.71 Å². The van der Waals surface area contributed by atoms with E-state index in [0.29, 0.717) is 15.8 Å². The molecule has 1 N–H and O–H groups in total. The Morgan fingerprint density at radius 1 is 1.06 bits per heavy atom. The number of rotatable bonds is 4. The van der Waals surface area contributed by atoms with Crippen LogP contribution >= 0.6 is 45.8 Å². The van der Waals surface area contributed by atoms with Crippen LogP contribution in [0.4, 0.5) is 5.69 Å². The summed E-state index contributed by atoms with van der Waals surface area (Å²) in [7, 11) is 0. The lowest BCUT2D eigenvalue weighted by molar-refractivity contribution is -0.115. The van der Waals surface area contributed by atoms with Gasteiger partial charge in [0.2, 0.25) is 0 Å². The number of benzene rings is 2. The zero-order chi connectivity index (χ0) is 22.0. The molecule has 1 aliphatic carbocycles. The van der Waals surface area contributed by atoms with Crippen molar-refractivity contribution in [1.29, 1.82) is 0 Å². The highest BCUT2D eigenvalue weighted by Gasteiger charge is 2.40. The number of carbonyl (C=O) groups excluding carboxylic acids is 1. The van der Waals surface area contributed by atoms with Crippen molar-refractivity contribution in [1.82, 2.24) is 5.32 Å². The fourth-order valence-electron chi connectivity index (χ4n) is 4.53. The molecule has 1 heterocycles. The summed E-state index contributed by atoms with van der Waals surface area (Å²) in [6, 6.07) is 13.8. The molecule has 1 aliphatic heterocycles. The largest absolute Gasteiger partial charge is 0.348 e. The van der Waals surface area contributed by atoms with Crippen molar-refractivity contribution < 1.29 is 4.79 Å². The molecule has 0 bridgehead atoms. The van der Waals surface area contributed by atoms with Crippen LogP contribution in [-0.4, -0.2) is 17.7 Å². The SMILES string of the molecule is C[C@H]1C(C(=O)NC2CCCCCC2)=NN(c2ccc(Cl)cc2Cl)[C@H]1c1ccc(I)cc1. The first kappa shape index (κ1) is 22.9. The fraction of sp³-hybridized carbons (Fsp3) is 0.417. The number of nitrogens with zero attached hydrogens (tertiary/aromatic N) is 2. The molecule has 2 aromatic rings. The zero-order valence-corrected chi connectivity index (χ0v) is 21.1. The number of hydrazone groups is 1. The van der Waals surface area contributed by atoms with E-state index >= 15 is 0 Å². The minimum Gasteiger partial charge on any atom is -0.348 e. The van der Waals surface area contributed by atoms with Gasteiger partial charge in [-0.25, -0.2) is 0 Å². The van der Waals surface area contributed by atoms with Crippen molar-refractivity contribution in [2.75, 3.05) is 5.01 Å². The molecule has 4 nitrogen and oxygen atoms in total. The first-order valence-corrected chi connectivity index (χ1v) is 12.7. The standard InChI is InChI=1S/C24H26Cl2IN3O/c1-15-22(24(31)28-19-6-4-2-3-5-7-19)29-30(21-13-10-17(25)14-20(21)26)23(15)16-8-11-18(27)12-9-16/h8-15,19,23H,2-7H2,1H3,(H,28,31)/t15-,23+/m0/s1. The van der Waals surface area contributed by atoms with E-state index in [0.717, 1.165) is 27.7 Å². The minimum absolute atomic E-state index is 0.0671. The van der Waals surface area contributed by atoms with E-state index < -0.39 is 0 Å². The molecule has 1 amide bonds. The molecule has 1 fully saturated rings. The molecule has 2 aromatic carbocycles. The monoisotopic (exact) mass is 569 g/mol. The molecule has 1 saturated carbocycles. The van der Waals surface area contributed by atoms with E-state index in [2.05, 4.69) is 59.1 Å². The van der Waals surface area contributed by atoms with Crippen LogP contribution in [0.25, 0.3) is 0 Å². The highest BCUT2D eigenvalue weighted by atomic mass is 127. The van der Waals surface area contributed by atoms with E-state index in [9.17, 15) is 4.79 Å². The van der Waals surface area contributed by atoms with Gasteiger partial charge in [0.25, 0.3) is 5.91 Å². The van der Waals surface area contributed by atoms with Crippen molar-refractivity contribution in [3.63, 3.8) is 0 Å². The van der Waals surface area contributed by atoms with Crippen LogP contribution in [0, 0.1) is 9.49 Å². The highest BCUT2D eigenvalue weighted by Crippen LogP contribution is 2.42. The van der Waals surface area contributed by atoms with E-state index in [1.807, 2.05) is 11.1 Å². The Labute approximate surface area is 207 Å². The maximum Gasteiger partial charge on any atom is 0.268 e. The molecule has 0 radical (unpaired) electrons. The number of amides is 1. The number of carbonyl (C=O) groups is 1. The first-order chi connectivity index (χ1) is 14.9. The van der Waals surface area contributed by atoms with E-state index in [1.165, 1.54) is 25.7 Å². The van der Waals surface area contributed by atoms with Gasteiger partial charge in [0.05, 0.1) is 16.8 Å².